The molecule has 1 N–H and O–H groups in total. The molecule has 0 aromatic carbocycles. The van der Waals surface area contributed by atoms with Gasteiger partial charge in [-0.3, -0.25) is 0 Å². The largest absolute Gasteiger partial charge is 0.316 e. The van der Waals surface area contributed by atoms with Crippen molar-refractivity contribution in [2.45, 2.75) is 58.4 Å². The van der Waals surface area contributed by atoms with Crippen molar-refractivity contribution >= 4 is 10.0 Å². The summed E-state index contributed by atoms with van der Waals surface area (Å²) in [7, 11) is -3.08. The van der Waals surface area contributed by atoms with Gasteiger partial charge in [0, 0.05) is 19.1 Å². The van der Waals surface area contributed by atoms with E-state index < -0.39 is 10.0 Å². The van der Waals surface area contributed by atoms with E-state index in [0.717, 1.165) is 25.8 Å². The molecule has 0 amide bonds. The summed E-state index contributed by atoms with van der Waals surface area (Å²) < 4.78 is 26.4. The molecule has 0 aromatic heterocycles. The highest BCUT2D eigenvalue weighted by Gasteiger charge is 2.28. The number of sulfonamides is 1. The van der Waals surface area contributed by atoms with Crippen LogP contribution in [0, 0.1) is 0 Å². The molecule has 1 fully saturated rings. The zero-order valence-electron chi connectivity index (χ0n) is 11.8. The smallest absolute Gasteiger partial charge is 0.215 e. The van der Waals surface area contributed by atoms with E-state index in [0.29, 0.717) is 13.1 Å². The van der Waals surface area contributed by atoms with Gasteiger partial charge in [0.1, 0.15) is 0 Å². The van der Waals surface area contributed by atoms with Crippen LogP contribution in [0.5, 0.6) is 0 Å². The molecular weight excluding hydrogens is 248 g/mol. The summed E-state index contributed by atoms with van der Waals surface area (Å²) in [5, 5.41) is 3.17. The van der Waals surface area contributed by atoms with Crippen molar-refractivity contribution in [1.29, 1.82) is 0 Å². The van der Waals surface area contributed by atoms with Crippen LogP contribution in [-0.4, -0.2) is 44.2 Å². The van der Waals surface area contributed by atoms with Crippen LogP contribution in [0.4, 0.5) is 0 Å². The standard InChI is InChI=1S/C13H28N2O2S/c1-3-10-14-11-12-18(16,17)15(4-2)13-8-6-5-7-9-13/h13-14H,3-12H2,1-2H3. The van der Waals surface area contributed by atoms with E-state index in [2.05, 4.69) is 12.2 Å². The maximum atomic E-state index is 12.3. The highest BCUT2D eigenvalue weighted by molar-refractivity contribution is 7.89. The minimum absolute atomic E-state index is 0.233. The fourth-order valence-corrected chi connectivity index (χ4v) is 4.37. The fraction of sp³-hybridized carbons (Fsp3) is 1.00. The SMILES string of the molecule is CCCNCCS(=O)(=O)N(CC)C1CCCCC1. The van der Waals surface area contributed by atoms with E-state index in [-0.39, 0.29) is 11.8 Å². The van der Waals surface area contributed by atoms with Crippen molar-refractivity contribution in [1.82, 2.24) is 9.62 Å². The molecule has 0 bridgehead atoms. The molecule has 108 valence electrons. The van der Waals surface area contributed by atoms with Crippen molar-refractivity contribution in [2.75, 3.05) is 25.4 Å². The molecule has 18 heavy (non-hydrogen) atoms. The Morgan fingerprint density at radius 3 is 2.33 bits per heavy atom. The minimum Gasteiger partial charge on any atom is -0.316 e. The molecular formula is C13H28N2O2S. The predicted molar refractivity (Wildman–Crippen MR) is 76.2 cm³/mol. The summed E-state index contributed by atoms with van der Waals surface area (Å²) in [4.78, 5) is 0. The molecule has 0 heterocycles. The lowest BCUT2D eigenvalue weighted by atomic mass is 9.95. The van der Waals surface area contributed by atoms with Crippen LogP contribution in [0.3, 0.4) is 0 Å². The normalized spacial score (nSPS) is 18.4. The molecule has 1 aliphatic carbocycles. The van der Waals surface area contributed by atoms with Crippen LogP contribution in [0.2, 0.25) is 0 Å². The molecule has 0 radical (unpaired) electrons. The second-order valence-electron chi connectivity index (χ2n) is 5.06. The average molecular weight is 276 g/mol. The minimum atomic E-state index is -3.08. The monoisotopic (exact) mass is 276 g/mol. The van der Waals surface area contributed by atoms with E-state index in [4.69, 9.17) is 0 Å². The number of nitrogens with zero attached hydrogens (tertiary/aromatic N) is 1. The fourth-order valence-electron chi connectivity index (χ4n) is 2.67. The van der Waals surface area contributed by atoms with Crippen LogP contribution in [0.1, 0.15) is 52.4 Å². The highest BCUT2D eigenvalue weighted by Crippen LogP contribution is 2.24. The Morgan fingerprint density at radius 1 is 1.11 bits per heavy atom. The van der Waals surface area contributed by atoms with Gasteiger partial charge in [0.25, 0.3) is 0 Å². The number of rotatable bonds is 8. The van der Waals surface area contributed by atoms with Gasteiger partial charge in [-0.1, -0.05) is 33.1 Å². The summed E-state index contributed by atoms with van der Waals surface area (Å²) in [5.74, 6) is 0.233. The molecule has 0 aromatic rings. The van der Waals surface area contributed by atoms with E-state index in [9.17, 15) is 8.42 Å². The Balaban J connectivity index is 2.50. The zero-order valence-corrected chi connectivity index (χ0v) is 12.6. The van der Waals surface area contributed by atoms with Crippen LogP contribution in [0.25, 0.3) is 0 Å². The molecule has 0 saturated heterocycles. The summed E-state index contributed by atoms with van der Waals surface area (Å²) in [5.41, 5.74) is 0. The molecule has 1 aliphatic rings. The Kier molecular flexibility index (Phi) is 7.19. The Labute approximate surface area is 112 Å². The first kappa shape index (κ1) is 15.9. The average Bonchev–Trinajstić information content (AvgIpc) is 2.36. The summed E-state index contributed by atoms with van der Waals surface area (Å²) in [6, 6.07) is 0.250. The van der Waals surface area contributed by atoms with Gasteiger partial charge in [-0.05, 0) is 25.8 Å². The van der Waals surface area contributed by atoms with Gasteiger partial charge in [0.15, 0.2) is 0 Å². The number of nitrogens with one attached hydrogen (secondary N) is 1. The lowest BCUT2D eigenvalue weighted by Crippen LogP contribution is -2.44. The summed E-state index contributed by atoms with van der Waals surface area (Å²) in [6.45, 7) is 6.11. The van der Waals surface area contributed by atoms with Crippen LogP contribution < -0.4 is 5.32 Å². The van der Waals surface area contributed by atoms with Crippen LogP contribution in [-0.2, 0) is 10.0 Å². The number of hydrogen-bond acceptors (Lipinski definition) is 3. The van der Waals surface area contributed by atoms with Gasteiger partial charge in [0.05, 0.1) is 5.75 Å². The third kappa shape index (κ3) is 4.86. The van der Waals surface area contributed by atoms with Crippen LogP contribution in [0.15, 0.2) is 0 Å². The first-order chi connectivity index (χ1) is 8.61. The molecule has 1 saturated carbocycles. The zero-order chi connectivity index (χ0) is 13.4. The van der Waals surface area contributed by atoms with E-state index in [1.54, 1.807) is 4.31 Å². The second kappa shape index (κ2) is 8.12. The van der Waals surface area contributed by atoms with E-state index in [1.165, 1.54) is 19.3 Å². The van der Waals surface area contributed by atoms with Gasteiger partial charge in [0.2, 0.25) is 10.0 Å². The molecule has 5 heteroatoms. The predicted octanol–water partition coefficient (Wildman–Crippen LogP) is 1.97. The van der Waals surface area contributed by atoms with Crippen molar-refractivity contribution in [3.8, 4) is 0 Å². The second-order valence-corrected chi connectivity index (χ2v) is 7.10. The van der Waals surface area contributed by atoms with Crippen molar-refractivity contribution in [2.24, 2.45) is 0 Å². The Morgan fingerprint density at radius 2 is 1.78 bits per heavy atom. The third-order valence-electron chi connectivity index (χ3n) is 3.61. The first-order valence-electron chi connectivity index (χ1n) is 7.32. The van der Waals surface area contributed by atoms with Gasteiger partial charge >= 0.3 is 0 Å². The molecule has 0 spiro atoms. The maximum absolute atomic E-state index is 12.3. The van der Waals surface area contributed by atoms with Crippen molar-refractivity contribution < 1.29 is 8.42 Å². The van der Waals surface area contributed by atoms with Crippen molar-refractivity contribution in [3.63, 3.8) is 0 Å². The van der Waals surface area contributed by atoms with Crippen LogP contribution >= 0.6 is 0 Å². The maximum Gasteiger partial charge on any atom is 0.215 e. The van der Waals surface area contributed by atoms with Gasteiger partial charge < -0.3 is 5.32 Å². The number of hydrogen-bond donors (Lipinski definition) is 1. The lowest BCUT2D eigenvalue weighted by Gasteiger charge is -2.32. The quantitative estimate of drug-likeness (QED) is 0.690. The summed E-state index contributed by atoms with van der Waals surface area (Å²) >= 11 is 0. The Bertz CT molecular complexity index is 311. The van der Waals surface area contributed by atoms with E-state index >= 15 is 0 Å². The van der Waals surface area contributed by atoms with Gasteiger partial charge in [-0.2, -0.15) is 4.31 Å². The van der Waals surface area contributed by atoms with E-state index in [1.807, 2.05) is 6.92 Å². The Hall–Kier alpha value is -0.130. The highest BCUT2D eigenvalue weighted by atomic mass is 32.2. The van der Waals surface area contributed by atoms with Gasteiger partial charge in [-0.15, -0.1) is 0 Å². The molecule has 0 unspecified atom stereocenters. The molecule has 0 atom stereocenters. The molecule has 0 aliphatic heterocycles. The molecule has 4 nitrogen and oxygen atoms in total. The third-order valence-corrected chi connectivity index (χ3v) is 5.61. The van der Waals surface area contributed by atoms with Gasteiger partial charge in [-0.25, -0.2) is 8.42 Å². The topological polar surface area (TPSA) is 49.4 Å². The van der Waals surface area contributed by atoms with Crippen molar-refractivity contribution in [3.05, 3.63) is 0 Å². The molecule has 1 rings (SSSR count). The lowest BCUT2D eigenvalue weighted by molar-refractivity contribution is 0.261. The summed E-state index contributed by atoms with van der Waals surface area (Å²) in [6.07, 6.45) is 6.72. The first-order valence-corrected chi connectivity index (χ1v) is 8.93.